The van der Waals surface area contributed by atoms with E-state index in [1.54, 1.807) is 12.2 Å². The van der Waals surface area contributed by atoms with Crippen molar-refractivity contribution in [3.63, 3.8) is 0 Å². The van der Waals surface area contributed by atoms with E-state index in [9.17, 15) is 17.6 Å². The summed E-state index contributed by atoms with van der Waals surface area (Å²) in [5.41, 5.74) is 0.309. The number of nitrogens with zero attached hydrogens (tertiary/aromatic N) is 4. The molecule has 4 atom stereocenters. The van der Waals surface area contributed by atoms with Crippen LogP contribution in [0.4, 0.5) is 17.6 Å². The summed E-state index contributed by atoms with van der Waals surface area (Å²) in [7, 11) is 0. The molecule has 3 aliphatic rings. The molecular weight excluding hydrogens is 428 g/mol. The van der Waals surface area contributed by atoms with Gasteiger partial charge in [0.25, 0.3) is 0 Å². The lowest BCUT2D eigenvalue weighted by molar-refractivity contribution is 0.381. The molecule has 0 radical (unpaired) electrons. The predicted octanol–water partition coefficient (Wildman–Crippen LogP) is 4.74. The number of aromatic nitrogens is 4. The number of hydrogen-bond acceptors (Lipinski definition) is 4. The third kappa shape index (κ3) is 2.71. The van der Waals surface area contributed by atoms with Crippen LogP contribution in [0.3, 0.4) is 0 Å². The fourth-order valence-corrected chi connectivity index (χ4v) is 5.70. The van der Waals surface area contributed by atoms with Crippen LogP contribution in [0.1, 0.15) is 23.0 Å². The van der Waals surface area contributed by atoms with Gasteiger partial charge in [0.2, 0.25) is 5.16 Å². The number of hydrogen-bond donors (Lipinski definition) is 0. The van der Waals surface area contributed by atoms with Crippen LogP contribution in [0.25, 0.3) is 5.69 Å². The van der Waals surface area contributed by atoms with Gasteiger partial charge in [-0.05, 0) is 22.6 Å². The van der Waals surface area contributed by atoms with Crippen LogP contribution >= 0.6 is 23.4 Å². The van der Waals surface area contributed by atoms with Crippen LogP contribution in [-0.4, -0.2) is 30.8 Å². The van der Waals surface area contributed by atoms with Crippen LogP contribution in [0, 0.1) is 23.3 Å². The van der Waals surface area contributed by atoms with Crippen molar-refractivity contribution in [2.24, 2.45) is 0 Å². The Morgan fingerprint density at radius 3 is 2.17 bits per heavy atom. The van der Waals surface area contributed by atoms with E-state index >= 15 is 0 Å². The molecule has 148 valence electrons. The Morgan fingerprint density at radius 1 is 0.862 bits per heavy atom. The minimum absolute atomic E-state index is 0.193. The summed E-state index contributed by atoms with van der Waals surface area (Å²) in [4.78, 5) is 0. The Bertz CT molecular complexity index is 1140. The number of para-hydroxylation sites is 1. The van der Waals surface area contributed by atoms with Gasteiger partial charge in [0.15, 0.2) is 23.3 Å². The highest BCUT2D eigenvalue weighted by Gasteiger charge is 2.49. The standard InChI is InChI=1S/C19H11ClF4N4S/c20-13-9-6-7-10(12-11(9)14(21)16(23)17(24)15(12)22)18(13)29-19-25-26-27-28(19)8-4-2-1-3-5-8/h1-7,9-10,13,18H/t9-,10+,13-,18+/m1/s1. The summed E-state index contributed by atoms with van der Waals surface area (Å²) in [5.74, 6) is -7.95. The summed E-state index contributed by atoms with van der Waals surface area (Å²) < 4.78 is 58.2. The zero-order chi connectivity index (χ0) is 20.3. The molecule has 1 heterocycles. The van der Waals surface area contributed by atoms with E-state index in [-0.39, 0.29) is 11.1 Å². The molecule has 29 heavy (non-hydrogen) atoms. The lowest BCUT2D eigenvalue weighted by atomic mass is 9.70. The van der Waals surface area contributed by atoms with Gasteiger partial charge in [-0.2, -0.15) is 4.68 Å². The maximum atomic E-state index is 14.6. The topological polar surface area (TPSA) is 43.6 Å². The van der Waals surface area contributed by atoms with Crippen LogP contribution in [0.2, 0.25) is 0 Å². The summed E-state index contributed by atoms with van der Waals surface area (Å²) in [6.07, 6.45) is 3.27. The number of tetrazole rings is 1. The molecule has 2 aromatic carbocycles. The summed E-state index contributed by atoms with van der Waals surface area (Å²) in [6.45, 7) is 0. The lowest BCUT2D eigenvalue weighted by Crippen LogP contribution is -2.40. The molecule has 1 aromatic heterocycles. The monoisotopic (exact) mass is 438 g/mol. The third-order valence-corrected chi connectivity index (χ3v) is 7.24. The molecule has 0 aliphatic heterocycles. The van der Waals surface area contributed by atoms with Gasteiger partial charge in [0, 0.05) is 28.2 Å². The van der Waals surface area contributed by atoms with E-state index in [0.29, 0.717) is 10.8 Å². The molecular formula is C19H11ClF4N4S. The van der Waals surface area contributed by atoms with Gasteiger partial charge in [-0.3, -0.25) is 0 Å². The molecule has 0 saturated carbocycles. The number of alkyl halides is 1. The fraction of sp³-hybridized carbons (Fsp3) is 0.211. The van der Waals surface area contributed by atoms with Crippen LogP contribution in [0.5, 0.6) is 0 Å². The Morgan fingerprint density at radius 2 is 1.48 bits per heavy atom. The van der Waals surface area contributed by atoms with Crippen molar-refractivity contribution in [3.05, 3.63) is 76.9 Å². The van der Waals surface area contributed by atoms with E-state index in [1.807, 2.05) is 30.3 Å². The van der Waals surface area contributed by atoms with E-state index < -0.39 is 45.7 Å². The van der Waals surface area contributed by atoms with Crippen LogP contribution in [-0.2, 0) is 0 Å². The minimum atomic E-state index is -1.82. The fourth-order valence-electron chi connectivity index (χ4n) is 3.93. The molecule has 0 N–H and O–H groups in total. The van der Waals surface area contributed by atoms with E-state index in [4.69, 9.17) is 11.6 Å². The Balaban J connectivity index is 1.57. The van der Waals surface area contributed by atoms with Crippen molar-refractivity contribution in [3.8, 4) is 5.69 Å². The second-order valence-corrected chi connectivity index (χ2v) is 8.40. The van der Waals surface area contributed by atoms with Crippen molar-refractivity contribution in [1.29, 1.82) is 0 Å². The first-order valence-electron chi connectivity index (χ1n) is 8.67. The second kappa shape index (κ2) is 6.84. The van der Waals surface area contributed by atoms with E-state index in [0.717, 1.165) is 0 Å². The zero-order valence-corrected chi connectivity index (χ0v) is 16.0. The SMILES string of the molecule is Fc1c(F)c(F)c2c(c1F)[C@H]1C=C[C@@H]2[C@H](Sc2nnnn2-c2ccccc2)[C@@H]1Cl. The number of benzene rings is 2. The molecule has 4 nitrogen and oxygen atoms in total. The Hall–Kier alpha value is -2.39. The van der Waals surface area contributed by atoms with Crippen molar-refractivity contribution in [2.75, 3.05) is 0 Å². The highest BCUT2D eigenvalue weighted by atomic mass is 35.5. The Labute approximate surface area is 171 Å². The van der Waals surface area contributed by atoms with Gasteiger partial charge in [-0.25, -0.2) is 17.6 Å². The first kappa shape index (κ1) is 18.6. The van der Waals surface area contributed by atoms with Crippen molar-refractivity contribution in [2.45, 2.75) is 27.6 Å². The predicted molar refractivity (Wildman–Crippen MR) is 99.3 cm³/mol. The molecule has 0 saturated heterocycles. The normalized spacial score (nSPS) is 24.7. The number of fused-ring (bicyclic) bond motifs is 1. The van der Waals surface area contributed by atoms with E-state index in [2.05, 4.69) is 15.5 Å². The molecule has 10 heteroatoms. The van der Waals surface area contributed by atoms with Crippen molar-refractivity contribution < 1.29 is 17.6 Å². The first-order valence-corrected chi connectivity index (χ1v) is 9.99. The smallest absolute Gasteiger partial charge is 0.203 e. The van der Waals surface area contributed by atoms with Gasteiger partial charge in [0.1, 0.15) is 0 Å². The van der Waals surface area contributed by atoms with Crippen molar-refractivity contribution in [1.82, 2.24) is 20.2 Å². The molecule has 2 bridgehead atoms. The maximum absolute atomic E-state index is 14.6. The van der Waals surface area contributed by atoms with Gasteiger partial charge < -0.3 is 0 Å². The molecule has 3 aromatic rings. The molecule has 6 rings (SSSR count). The number of thioether (sulfide) groups is 1. The van der Waals surface area contributed by atoms with E-state index in [1.165, 1.54) is 16.4 Å². The second-order valence-electron chi connectivity index (χ2n) is 6.76. The quantitative estimate of drug-likeness (QED) is 0.195. The van der Waals surface area contributed by atoms with Crippen molar-refractivity contribution >= 4 is 23.4 Å². The molecule has 0 spiro atoms. The molecule has 0 amide bonds. The van der Waals surface area contributed by atoms with Gasteiger partial charge in [0.05, 0.1) is 11.1 Å². The first-order chi connectivity index (χ1) is 14.0. The number of allylic oxidation sites excluding steroid dienone is 2. The summed E-state index contributed by atoms with van der Waals surface area (Å²) in [6, 6.07) is 9.13. The highest BCUT2D eigenvalue weighted by Crippen LogP contribution is 2.54. The van der Waals surface area contributed by atoms with Crippen LogP contribution in [0.15, 0.2) is 47.6 Å². The lowest BCUT2D eigenvalue weighted by Gasteiger charge is -2.43. The van der Waals surface area contributed by atoms with Crippen LogP contribution < -0.4 is 0 Å². The molecule has 0 unspecified atom stereocenters. The maximum Gasteiger partial charge on any atom is 0.214 e. The number of rotatable bonds is 3. The highest BCUT2D eigenvalue weighted by molar-refractivity contribution is 8.00. The third-order valence-electron chi connectivity index (χ3n) is 5.23. The average molecular weight is 439 g/mol. The van der Waals surface area contributed by atoms with Gasteiger partial charge in [-0.1, -0.05) is 42.1 Å². The number of halogens is 5. The molecule has 3 aliphatic carbocycles. The zero-order valence-electron chi connectivity index (χ0n) is 14.4. The minimum Gasteiger partial charge on any atom is -0.203 e. The summed E-state index contributed by atoms with van der Waals surface area (Å²) >= 11 is 7.77. The van der Waals surface area contributed by atoms with Gasteiger partial charge >= 0.3 is 0 Å². The summed E-state index contributed by atoms with van der Waals surface area (Å²) in [5, 5.41) is 10.9. The average Bonchev–Trinajstić information content (AvgIpc) is 3.21. The molecule has 0 fully saturated rings. The Kier molecular flexibility index (Phi) is 4.40. The largest absolute Gasteiger partial charge is 0.214 e. The van der Waals surface area contributed by atoms with Gasteiger partial charge in [-0.15, -0.1) is 16.7 Å².